The van der Waals surface area contributed by atoms with Gasteiger partial charge in [0.15, 0.2) is 0 Å². The fraction of sp³-hybridized carbons (Fsp3) is 0.111. The summed E-state index contributed by atoms with van der Waals surface area (Å²) in [4.78, 5) is 0. The van der Waals surface area contributed by atoms with E-state index in [-0.39, 0.29) is 5.75 Å². The van der Waals surface area contributed by atoms with Crippen molar-refractivity contribution >= 4 is 38.7 Å². The number of halogens is 1. The number of thiophene rings is 1. The topological polar surface area (TPSA) is 46.2 Å². The van der Waals surface area contributed by atoms with Crippen LogP contribution in [-0.2, 0) is 5.88 Å². The maximum Gasteiger partial charge on any atom is 0.136 e. The van der Waals surface area contributed by atoms with Crippen LogP contribution >= 0.6 is 22.9 Å². The van der Waals surface area contributed by atoms with Crippen LogP contribution in [0.4, 0.5) is 5.69 Å². The summed E-state index contributed by atoms with van der Waals surface area (Å²) >= 11 is 7.17. The fourth-order valence-electron chi connectivity index (χ4n) is 1.30. The molecule has 0 aliphatic heterocycles. The highest BCUT2D eigenvalue weighted by molar-refractivity contribution is 7.17. The molecule has 0 radical (unpaired) electrons. The van der Waals surface area contributed by atoms with Gasteiger partial charge in [0.1, 0.15) is 5.75 Å². The molecule has 13 heavy (non-hydrogen) atoms. The first-order valence-corrected chi connectivity index (χ1v) is 5.19. The van der Waals surface area contributed by atoms with Gasteiger partial charge in [0.05, 0.1) is 5.39 Å². The van der Waals surface area contributed by atoms with Crippen LogP contribution in [0.3, 0.4) is 0 Å². The molecular weight excluding hydrogens is 206 g/mol. The number of benzene rings is 1. The lowest BCUT2D eigenvalue weighted by molar-refractivity contribution is 0.484. The van der Waals surface area contributed by atoms with Gasteiger partial charge in [0.25, 0.3) is 0 Å². The molecule has 2 rings (SSSR count). The van der Waals surface area contributed by atoms with Gasteiger partial charge in [0.2, 0.25) is 0 Å². The summed E-state index contributed by atoms with van der Waals surface area (Å²) in [6.45, 7) is 0. The van der Waals surface area contributed by atoms with Crippen LogP contribution in [-0.4, -0.2) is 5.11 Å². The summed E-state index contributed by atoms with van der Waals surface area (Å²) in [5.41, 5.74) is 7.29. The molecular formula is C9H8ClNOS. The summed E-state index contributed by atoms with van der Waals surface area (Å²) in [6.07, 6.45) is 0. The van der Waals surface area contributed by atoms with Crippen molar-refractivity contribution in [2.75, 3.05) is 5.73 Å². The largest absolute Gasteiger partial charge is 0.506 e. The van der Waals surface area contributed by atoms with Gasteiger partial charge in [-0.05, 0) is 11.6 Å². The highest BCUT2D eigenvalue weighted by Crippen LogP contribution is 2.37. The van der Waals surface area contributed by atoms with E-state index in [0.29, 0.717) is 11.6 Å². The number of anilines is 1. The number of aromatic hydroxyl groups is 1. The second kappa shape index (κ2) is 3.09. The fourth-order valence-corrected chi connectivity index (χ4v) is 2.37. The van der Waals surface area contributed by atoms with Crippen molar-refractivity contribution in [3.05, 3.63) is 23.1 Å². The third kappa shape index (κ3) is 1.24. The van der Waals surface area contributed by atoms with E-state index >= 15 is 0 Å². The Hall–Kier alpha value is -0.930. The van der Waals surface area contributed by atoms with Crippen LogP contribution in [0.15, 0.2) is 17.5 Å². The van der Waals surface area contributed by atoms with Crippen LogP contribution in [0.1, 0.15) is 5.56 Å². The van der Waals surface area contributed by atoms with Crippen LogP contribution in [0.5, 0.6) is 5.75 Å². The minimum Gasteiger partial charge on any atom is -0.506 e. The monoisotopic (exact) mass is 213 g/mol. The Balaban J connectivity index is 2.83. The smallest absolute Gasteiger partial charge is 0.136 e. The van der Waals surface area contributed by atoms with Gasteiger partial charge in [-0.1, -0.05) is 6.07 Å². The first-order valence-electron chi connectivity index (χ1n) is 3.77. The average Bonchev–Trinajstić information content (AvgIpc) is 2.49. The van der Waals surface area contributed by atoms with Gasteiger partial charge >= 0.3 is 0 Å². The lowest BCUT2D eigenvalue weighted by Crippen LogP contribution is -1.91. The molecule has 0 bridgehead atoms. The molecule has 1 aromatic heterocycles. The van der Waals surface area contributed by atoms with Crippen LogP contribution in [0.25, 0.3) is 10.1 Å². The Bertz CT molecular complexity index is 452. The van der Waals surface area contributed by atoms with Gasteiger partial charge in [-0.15, -0.1) is 22.9 Å². The Kier molecular flexibility index (Phi) is 2.06. The Morgan fingerprint density at radius 3 is 2.92 bits per heavy atom. The van der Waals surface area contributed by atoms with Crippen LogP contribution < -0.4 is 5.73 Å². The molecule has 0 unspecified atom stereocenters. The zero-order chi connectivity index (χ0) is 9.42. The highest BCUT2D eigenvalue weighted by Gasteiger charge is 2.08. The van der Waals surface area contributed by atoms with Gasteiger partial charge in [-0.2, -0.15) is 0 Å². The number of hydrogen-bond donors (Lipinski definition) is 2. The van der Waals surface area contributed by atoms with Crippen LogP contribution in [0.2, 0.25) is 0 Å². The van der Waals surface area contributed by atoms with E-state index in [1.54, 1.807) is 5.38 Å². The van der Waals surface area contributed by atoms with Gasteiger partial charge in [-0.3, -0.25) is 0 Å². The summed E-state index contributed by atoms with van der Waals surface area (Å²) < 4.78 is 0.990. The molecule has 0 atom stereocenters. The molecule has 0 spiro atoms. The number of alkyl halides is 1. The molecule has 2 nitrogen and oxygen atoms in total. The van der Waals surface area contributed by atoms with E-state index in [9.17, 15) is 5.11 Å². The molecule has 4 heteroatoms. The molecule has 1 aromatic carbocycles. The predicted octanol–water partition coefficient (Wildman–Crippen LogP) is 2.93. The maximum atomic E-state index is 9.50. The molecule has 0 amide bonds. The molecule has 0 saturated carbocycles. The van der Waals surface area contributed by atoms with Crippen molar-refractivity contribution in [1.82, 2.24) is 0 Å². The standard InChI is InChI=1S/C9H8ClNOS/c10-3-5-1-2-7-8(9(5)11)6(12)4-13-7/h1-2,4,12H,3,11H2. The minimum atomic E-state index is 0.240. The molecule has 3 N–H and O–H groups in total. The van der Waals surface area contributed by atoms with Crippen molar-refractivity contribution in [3.8, 4) is 5.75 Å². The molecule has 0 saturated heterocycles. The van der Waals surface area contributed by atoms with E-state index < -0.39 is 0 Å². The highest BCUT2D eigenvalue weighted by atomic mass is 35.5. The van der Waals surface area contributed by atoms with E-state index in [1.807, 2.05) is 12.1 Å². The van der Waals surface area contributed by atoms with Gasteiger partial charge < -0.3 is 10.8 Å². The third-order valence-electron chi connectivity index (χ3n) is 2.00. The first kappa shape index (κ1) is 8.66. The molecule has 0 aliphatic carbocycles. The number of rotatable bonds is 1. The molecule has 68 valence electrons. The van der Waals surface area contributed by atoms with Crippen molar-refractivity contribution in [2.24, 2.45) is 0 Å². The SMILES string of the molecule is Nc1c(CCl)ccc2scc(O)c12. The zero-order valence-electron chi connectivity index (χ0n) is 6.75. The molecule has 2 aromatic rings. The molecule has 1 heterocycles. The summed E-state index contributed by atoms with van der Waals surface area (Å²) in [7, 11) is 0. The second-order valence-corrected chi connectivity index (χ2v) is 3.94. The Morgan fingerprint density at radius 1 is 1.46 bits per heavy atom. The Labute approximate surface area is 84.6 Å². The maximum absolute atomic E-state index is 9.50. The number of fused-ring (bicyclic) bond motifs is 1. The lowest BCUT2D eigenvalue weighted by Gasteiger charge is -2.02. The number of nitrogens with two attached hydrogens (primary N) is 1. The second-order valence-electron chi connectivity index (χ2n) is 2.77. The van der Waals surface area contributed by atoms with E-state index in [1.165, 1.54) is 11.3 Å². The summed E-state index contributed by atoms with van der Waals surface area (Å²) in [5.74, 6) is 0.612. The minimum absolute atomic E-state index is 0.240. The first-order chi connectivity index (χ1) is 6.24. The summed E-state index contributed by atoms with van der Waals surface area (Å²) in [6, 6.07) is 3.81. The summed E-state index contributed by atoms with van der Waals surface area (Å²) in [5, 5.41) is 11.9. The normalized spacial score (nSPS) is 10.8. The van der Waals surface area contributed by atoms with Crippen molar-refractivity contribution in [3.63, 3.8) is 0 Å². The van der Waals surface area contributed by atoms with E-state index in [2.05, 4.69) is 0 Å². The zero-order valence-corrected chi connectivity index (χ0v) is 8.32. The van der Waals surface area contributed by atoms with Crippen LogP contribution in [0, 0.1) is 0 Å². The quantitative estimate of drug-likeness (QED) is 0.565. The molecule has 0 aliphatic rings. The van der Waals surface area contributed by atoms with Crippen molar-refractivity contribution in [1.29, 1.82) is 0 Å². The average molecular weight is 214 g/mol. The van der Waals surface area contributed by atoms with Gasteiger partial charge in [0, 0.05) is 21.6 Å². The predicted molar refractivity (Wildman–Crippen MR) is 57.5 cm³/mol. The van der Waals surface area contributed by atoms with Gasteiger partial charge in [-0.25, -0.2) is 0 Å². The van der Waals surface area contributed by atoms with Crippen molar-refractivity contribution in [2.45, 2.75) is 5.88 Å². The lowest BCUT2D eigenvalue weighted by atomic mass is 10.1. The van der Waals surface area contributed by atoms with E-state index in [4.69, 9.17) is 17.3 Å². The Morgan fingerprint density at radius 2 is 2.23 bits per heavy atom. The number of hydrogen-bond acceptors (Lipinski definition) is 3. The molecule has 0 fully saturated rings. The third-order valence-corrected chi connectivity index (χ3v) is 3.22. The van der Waals surface area contributed by atoms with Crippen molar-refractivity contribution < 1.29 is 5.11 Å². The van der Waals surface area contributed by atoms with E-state index in [0.717, 1.165) is 15.6 Å². The number of nitrogen functional groups attached to an aromatic ring is 1.